The number of allylic oxidation sites excluding steroid dienone is 2. The van der Waals surface area contributed by atoms with Gasteiger partial charge < -0.3 is 10.1 Å². The van der Waals surface area contributed by atoms with Crippen LogP contribution >= 0.6 is 0 Å². The molecule has 1 aromatic carbocycles. The van der Waals surface area contributed by atoms with Crippen molar-refractivity contribution in [1.29, 1.82) is 0 Å². The lowest BCUT2D eigenvalue weighted by Crippen LogP contribution is -2.25. The summed E-state index contributed by atoms with van der Waals surface area (Å²) in [7, 11) is 1.79. The highest BCUT2D eigenvalue weighted by Gasteiger charge is 2.12. The molecule has 0 bridgehead atoms. The van der Waals surface area contributed by atoms with E-state index in [1.165, 1.54) is 0 Å². The molecule has 5 nitrogen and oxygen atoms in total. The van der Waals surface area contributed by atoms with E-state index < -0.39 is 0 Å². The number of hydrogen-bond acceptors (Lipinski definition) is 3. The average molecular weight is 355 g/mol. The Labute approximate surface area is 156 Å². The monoisotopic (exact) mass is 355 g/mol. The van der Waals surface area contributed by atoms with Crippen molar-refractivity contribution in [1.82, 2.24) is 15.1 Å². The highest BCUT2D eigenvalue weighted by molar-refractivity contribution is 5.92. The quantitative estimate of drug-likeness (QED) is 0.517. The molecule has 0 unspecified atom stereocenters. The van der Waals surface area contributed by atoms with Crippen LogP contribution in [0.15, 0.2) is 42.5 Å². The van der Waals surface area contributed by atoms with Crippen LogP contribution < -0.4 is 10.1 Å². The lowest BCUT2D eigenvalue weighted by Gasteiger charge is -2.09. The van der Waals surface area contributed by atoms with Gasteiger partial charge in [-0.1, -0.05) is 38.1 Å². The molecule has 26 heavy (non-hydrogen) atoms. The van der Waals surface area contributed by atoms with Crippen LogP contribution in [0.1, 0.15) is 54.9 Å². The van der Waals surface area contributed by atoms with E-state index in [2.05, 4.69) is 29.5 Å². The topological polar surface area (TPSA) is 56.1 Å². The van der Waals surface area contributed by atoms with Gasteiger partial charge in [0.15, 0.2) is 0 Å². The highest BCUT2D eigenvalue weighted by Crippen LogP contribution is 2.14. The molecule has 0 saturated carbocycles. The molecule has 1 heterocycles. The fraction of sp³-hybridized carbons (Fsp3) is 0.429. The van der Waals surface area contributed by atoms with Crippen molar-refractivity contribution in [2.24, 2.45) is 7.05 Å². The Morgan fingerprint density at radius 1 is 1.27 bits per heavy atom. The second kappa shape index (κ2) is 10.4. The van der Waals surface area contributed by atoms with Crippen LogP contribution in [0.5, 0.6) is 5.75 Å². The van der Waals surface area contributed by atoms with Gasteiger partial charge in [-0.15, -0.1) is 0 Å². The van der Waals surface area contributed by atoms with E-state index in [0.717, 1.165) is 42.7 Å². The summed E-state index contributed by atoms with van der Waals surface area (Å²) in [4.78, 5) is 12.3. The number of unbranched alkanes of at least 4 members (excludes halogenated alkanes) is 1. The molecule has 2 rings (SSSR count). The number of carbonyl (C=O) groups is 1. The van der Waals surface area contributed by atoms with Gasteiger partial charge in [-0.05, 0) is 49.4 Å². The molecule has 5 heteroatoms. The Morgan fingerprint density at radius 3 is 2.85 bits per heavy atom. The van der Waals surface area contributed by atoms with Crippen molar-refractivity contribution in [2.75, 3.05) is 6.61 Å². The lowest BCUT2D eigenvalue weighted by atomic mass is 10.2. The summed E-state index contributed by atoms with van der Waals surface area (Å²) < 4.78 is 7.42. The summed E-state index contributed by atoms with van der Waals surface area (Å²) in [6, 6.07) is 9.69. The van der Waals surface area contributed by atoms with Crippen molar-refractivity contribution in [2.45, 2.75) is 46.1 Å². The van der Waals surface area contributed by atoms with Crippen LogP contribution in [0.3, 0.4) is 0 Å². The van der Waals surface area contributed by atoms with Crippen LogP contribution in [-0.4, -0.2) is 22.3 Å². The van der Waals surface area contributed by atoms with Crippen molar-refractivity contribution >= 4 is 5.91 Å². The van der Waals surface area contributed by atoms with Crippen molar-refractivity contribution in [3.05, 3.63) is 59.4 Å². The van der Waals surface area contributed by atoms with Gasteiger partial charge in [-0.3, -0.25) is 9.48 Å². The fourth-order valence-corrected chi connectivity index (χ4v) is 2.61. The second-order valence-electron chi connectivity index (χ2n) is 6.20. The third-order valence-electron chi connectivity index (χ3n) is 4.06. The smallest absolute Gasteiger partial charge is 0.269 e. The molecule has 0 aliphatic heterocycles. The van der Waals surface area contributed by atoms with E-state index in [9.17, 15) is 4.79 Å². The molecule has 1 aromatic heterocycles. The van der Waals surface area contributed by atoms with E-state index in [1.54, 1.807) is 11.7 Å². The zero-order chi connectivity index (χ0) is 18.8. The van der Waals surface area contributed by atoms with E-state index in [4.69, 9.17) is 4.74 Å². The number of aryl methyl sites for hydroxylation is 2. The van der Waals surface area contributed by atoms with Gasteiger partial charge in [-0.25, -0.2) is 0 Å². The number of hydrogen-bond donors (Lipinski definition) is 1. The van der Waals surface area contributed by atoms with Gasteiger partial charge in [0.1, 0.15) is 11.4 Å². The minimum absolute atomic E-state index is 0.117. The number of amides is 1. The summed E-state index contributed by atoms with van der Waals surface area (Å²) in [5.74, 6) is 0.721. The molecule has 0 atom stereocenters. The van der Waals surface area contributed by atoms with Gasteiger partial charge in [-0.2, -0.15) is 5.10 Å². The Balaban J connectivity index is 1.83. The Kier molecular flexibility index (Phi) is 7.93. The van der Waals surface area contributed by atoms with Gasteiger partial charge >= 0.3 is 0 Å². The van der Waals surface area contributed by atoms with Crippen LogP contribution in [0, 0.1) is 0 Å². The number of rotatable bonds is 10. The maximum Gasteiger partial charge on any atom is 0.269 e. The summed E-state index contributed by atoms with van der Waals surface area (Å²) in [6.45, 7) is 5.31. The molecular formula is C21H29N3O2. The highest BCUT2D eigenvalue weighted by atomic mass is 16.5. The number of nitrogens with one attached hydrogen (secondary N) is 1. The SMILES string of the molecule is CCC=CCCCOc1cccc(CNC(=O)c2cc(CC)nn2C)c1. The van der Waals surface area contributed by atoms with Crippen molar-refractivity contribution in [3.63, 3.8) is 0 Å². The van der Waals surface area contributed by atoms with Gasteiger partial charge in [0.25, 0.3) is 5.91 Å². The number of ether oxygens (including phenoxy) is 1. The number of nitrogens with zero attached hydrogens (tertiary/aromatic N) is 2. The van der Waals surface area contributed by atoms with E-state index in [0.29, 0.717) is 18.8 Å². The molecule has 140 valence electrons. The minimum atomic E-state index is -0.117. The largest absolute Gasteiger partial charge is 0.494 e. The summed E-state index contributed by atoms with van der Waals surface area (Å²) in [6.07, 6.45) is 8.29. The number of aromatic nitrogens is 2. The first-order valence-electron chi connectivity index (χ1n) is 9.31. The Hall–Kier alpha value is -2.56. The molecule has 0 spiro atoms. The van der Waals surface area contributed by atoms with Crippen molar-refractivity contribution in [3.8, 4) is 5.75 Å². The van der Waals surface area contributed by atoms with Crippen LogP contribution in [0.4, 0.5) is 0 Å². The van der Waals surface area contributed by atoms with Crippen molar-refractivity contribution < 1.29 is 9.53 Å². The molecular weight excluding hydrogens is 326 g/mol. The molecule has 0 fully saturated rings. The molecule has 0 aliphatic carbocycles. The normalized spacial score (nSPS) is 11.0. The first-order chi connectivity index (χ1) is 12.6. The first kappa shape index (κ1) is 19.8. The lowest BCUT2D eigenvalue weighted by molar-refractivity contribution is 0.0941. The first-order valence-corrected chi connectivity index (χ1v) is 9.31. The molecule has 0 aliphatic rings. The van der Waals surface area contributed by atoms with Crippen LogP contribution in [0.25, 0.3) is 0 Å². The van der Waals surface area contributed by atoms with Gasteiger partial charge in [0.05, 0.1) is 12.3 Å². The van der Waals surface area contributed by atoms with Gasteiger partial charge in [0.2, 0.25) is 0 Å². The maximum absolute atomic E-state index is 12.3. The standard InChI is InChI=1S/C21H29N3O2/c1-4-6-7-8-9-13-26-19-12-10-11-17(14-19)16-22-21(25)20-15-18(5-2)23-24(20)3/h6-7,10-12,14-15H,4-5,8-9,13,16H2,1-3H3,(H,22,25). The summed E-state index contributed by atoms with van der Waals surface area (Å²) in [5.41, 5.74) is 2.51. The predicted molar refractivity (Wildman–Crippen MR) is 104 cm³/mol. The van der Waals surface area contributed by atoms with Gasteiger partial charge in [0, 0.05) is 13.6 Å². The van der Waals surface area contributed by atoms with E-state index >= 15 is 0 Å². The Morgan fingerprint density at radius 2 is 2.12 bits per heavy atom. The summed E-state index contributed by atoms with van der Waals surface area (Å²) >= 11 is 0. The molecule has 0 radical (unpaired) electrons. The molecule has 2 aromatic rings. The number of benzene rings is 1. The average Bonchev–Trinajstić information content (AvgIpc) is 3.04. The third-order valence-corrected chi connectivity index (χ3v) is 4.06. The minimum Gasteiger partial charge on any atom is -0.494 e. The molecule has 1 N–H and O–H groups in total. The van der Waals surface area contributed by atoms with E-state index in [1.807, 2.05) is 37.3 Å². The molecule has 1 amide bonds. The fourth-order valence-electron chi connectivity index (χ4n) is 2.61. The summed E-state index contributed by atoms with van der Waals surface area (Å²) in [5, 5.41) is 7.26. The predicted octanol–water partition coefficient (Wildman–Crippen LogP) is 4.04. The van der Waals surface area contributed by atoms with Crippen LogP contribution in [0.2, 0.25) is 0 Å². The Bertz CT molecular complexity index is 735. The second-order valence-corrected chi connectivity index (χ2v) is 6.20. The number of carbonyl (C=O) groups excluding carboxylic acids is 1. The zero-order valence-corrected chi connectivity index (χ0v) is 16.0. The zero-order valence-electron chi connectivity index (χ0n) is 16.0. The molecule has 0 saturated heterocycles. The van der Waals surface area contributed by atoms with E-state index in [-0.39, 0.29) is 5.91 Å². The third kappa shape index (κ3) is 6.06. The maximum atomic E-state index is 12.3. The van der Waals surface area contributed by atoms with Crippen LogP contribution in [-0.2, 0) is 20.0 Å².